The van der Waals surface area contributed by atoms with Crippen molar-refractivity contribution in [2.24, 2.45) is 0 Å². The molecule has 0 aliphatic carbocycles. The Labute approximate surface area is 111 Å². The lowest BCUT2D eigenvalue weighted by Gasteiger charge is -2.12. The summed E-state index contributed by atoms with van der Waals surface area (Å²) in [5.41, 5.74) is -0.111. The quantitative estimate of drug-likeness (QED) is 0.872. The van der Waals surface area contributed by atoms with E-state index in [0.29, 0.717) is 5.76 Å². The monoisotopic (exact) mass is 265 g/mol. The third-order valence-corrected chi connectivity index (χ3v) is 3.04. The smallest absolute Gasteiger partial charge is 0.140 e. The molecule has 0 amide bonds. The van der Waals surface area contributed by atoms with Crippen LogP contribution in [-0.4, -0.2) is 6.54 Å². The number of hydrogen-bond donors (Lipinski definition) is 1. The lowest BCUT2D eigenvalue weighted by atomic mass is 10.1. The molecule has 1 heterocycles. The van der Waals surface area contributed by atoms with Crippen molar-refractivity contribution in [3.05, 3.63) is 47.7 Å². The van der Waals surface area contributed by atoms with E-state index in [2.05, 4.69) is 5.32 Å². The minimum Gasteiger partial charge on any atom is -0.459 e. The molecule has 0 bridgehead atoms. The van der Waals surface area contributed by atoms with Crippen molar-refractivity contribution in [2.75, 3.05) is 6.54 Å². The first kappa shape index (κ1) is 13.7. The second-order valence-corrected chi connectivity index (χ2v) is 4.32. The number of halogens is 2. The van der Waals surface area contributed by atoms with E-state index in [9.17, 15) is 8.78 Å². The van der Waals surface area contributed by atoms with Crippen LogP contribution in [-0.2, 0) is 0 Å². The first-order valence-electron chi connectivity index (χ1n) is 6.44. The van der Waals surface area contributed by atoms with Gasteiger partial charge in [-0.2, -0.15) is 0 Å². The van der Waals surface area contributed by atoms with Crippen molar-refractivity contribution in [3.8, 4) is 11.3 Å². The molecule has 0 saturated heterocycles. The van der Waals surface area contributed by atoms with Gasteiger partial charge < -0.3 is 9.73 Å². The number of furan rings is 1. The summed E-state index contributed by atoms with van der Waals surface area (Å²) in [7, 11) is 0. The lowest BCUT2D eigenvalue weighted by Crippen LogP contribution is -2.19. The average Bonchev–Trinajstić information content (AvgIpc) is 2.85. The molecule has 1 unspecified atom stereocenters. The molecule has 1 aromatic heterocycles. The second-order valence-electron chi connectivity index (χ2n) is 4.32. The molecule has 0 saturated carbocycles. The fraction of sp³-hybridized carbons (Fsp3) is 0.333. The first-order chi connectivity index (χ1) is 9.17. The number of nitrogens with one attached hydrogen (secondary N) is 1. The highest BCUT2D eigenvalue weighted by atomic mass is 19.1. The van der Waals surface area contributed by atoms with Crippen LogP contribution in [0.5, 0.6) is 0 Å². The van der Waals surface area contributed by atoms with Crippen LogP contribution < -0.4 is 5.32 Å². The SMILES string of the molecule is CCNC(CC)c1ccc(-c2c(F)cccc2F)o1. The Kier molecular flexibility index (Phi) is 4.32. The summed E-state index contributed by atoms with van der Waals surface area (Å²) in [6, 6.07) is 7.22. The van der Waals surface area contributed by atoms with E-state index in [-0.39, 0.29) is 17.4 Å². The Balaban J connectivity index is 2.35. The fourth-order valence-corrected chi connectivity index (χ4v) is 2.10. The molecule has 1 N–H and O–H groups in total. The number of rotatable bonds is 5. The van der Waals surface area contributed by atoms with Gasteiger partial charge in [0.2, 0.25) is 0 Å². The molecule has 19 heavy (non-hydrogen) atoms. The van der Waals surface area contributed by atoms with Gasteiger partial charge >= 0.3 is 0 Å². The van der Waals surface area contributed by atoms with Crippen LogP contribution in [0.3, 0.4) is 0 Å². The summed E-state index contributed by atoms with van der Waals surface area (Å²) in [6.07, 6.45) is 0.848. The van der Waals surface area contributed by atoms with Crippen molar-refractivity contribution >= 4 is 0 Å². The van der Waals surface area contributed by atoms with Crippen molar-refractivity contribution in [3.63, 3.8) is 0 Å². The van der Waals surface area contributed by atoms with Gasteiger partial charge in [0.05, 0.1) is 11.6 Å². The minimum atomic E-state index is -0.614. The molecule has 0 fully saturated rings. The number of hydrogen-bond acceptors (Lipinski definition) is 2. The molecule has 2 aromatic rings. The maximum Gasteiger partial charge on any atom is 0.140 e. The molecule has 0 aliphatic heterocycles. The van der Waals surface area contributed by atoms with Gasteiger partial charge in [-0.15, -0.1) is 0 Å². The Morgan fingerprint density at radius 3 is 2.37 bits per heavy atom. The van der Waals surface area contributed by atoms with Crippen molar-refractivity contribution < 1.29 is 13.2 Å². The van der Waals surface area contributed by atoms with Crippen LogP contribution in [0.4, 0.5) is 8.78 Å². The summed E-state index contributed by atoms with van der Waals surface area (Å²) in [5, 5.41) is 3.26. The van der Waals surface area contributed by atoms with Crippen LogP contribution in [0.1, 0.15) is 32.1 Å². The highest BCUT2D eigenvalue weighted by Gasteiger charge is 2.17. The second kappa shape index (κ2) is 5.97. The molecular formula is C15H17F2NO. The third kappa shape index (κ3) is 2.84. The van der Waals surface area contributed by atoms with E-state index in [1.165, 1.54) is 18.2 Å². The molecule has 2 rings (SSSR count). The molecular weight excluding hydrogens is 248 g/mol. The van der Waals surface area contributed by atoms with E-state index in [1.54, 1.807) is 12.1 Å². The summed E-state index contributed by atoms with van der Waals surface area (Å²) in [5.74, 6) is -0.307. The van der Waals surface area contributed by atoms with Crippen LogP contribution in [0, 0.1) is 11.6 Å². The topological polar surface area (TPSA) is 25.2 Å². The summed E-state index contributed by atoms with van der Waals surface area (Å²) in [6.45, 7) is 4.84. The Morgan fingerprint density at radius 2 is 1.79 bits per heavy atom. The molecule has 2 nitrogen and oxygen atoms in total. The Morgan fingerprint density at radius 1 is 1.11 bits per heavy atom. The van der Waals surface area contributed by atoms with E-state index in [0.717, 1.165) is 13.0 Å². The van der Waals surface area contributed by atoms with Crippen molar-refractivity contribution in [2.45, 2.75) is 26.3 Å². The molecule has 1 atom stereocenters. The zero-order valence-electron chi connectivity index (χ0n) is 11.0. The van der Waals surface area contributed by atoms with Gasteiger partial charge in [-0.05, 0) is 37.2 Å². The highest BCUT2D eigenvalue weighted by Crippen LogP contribution is 2.30. The van der Waals surface area contributed by atoms with E-state index in [1.807, 2.05) is 13.8 Å². The first-order valence-corrected chi connectivity index (χ1v) is 6.44. The normalized spacial score (nSPS) is 12.6. The lowest BCUT2D eigenvalue weighted by molar-refractivity contribution is 0.414. The van der Waals surface area contributed by atoms with E-state index >= 15 is 0 Å². The van der Waals surface area contributed by atoms with E-state index in [4.69, 9.17) is 4.42 Å². The van der Waals surface area contributed by atoms with Gasteiger partial charge in [0.1, 0.15) is 23.2 Å². The predicted octanol–water partition coefficient (Wildman–Crippen LogP) is 4.29. The largest absolute Gasteiger partial charge is 0.459 e. The van der Waals surface area contributed by atoms with Crippen LogP contribution >= 0.6 is 0 Å². The third-order valence-electron chi connectivity index (χ3n) is 3.04. The zero-order chi connectivity index (χ0) is 13.8. The molecule has 0 spiro atoms. The van der Waals surface area contributed by atoms with E-state index < -0.39 is 11.6 Å². The number of benzene rings is 1. The van der Waals surface area contributed by atoms with Gasteiger partial charge in [0, 0.05) is 0 Å². The molecule has 0 aliphatic rings. The van der Waals surface area contributed by atoms with Crippen LogP contribution in [0.25, 0.3) is 11.3 Å². The molecule has 1 aromatic carbocycles. The molecule has 4 heteroatoms. The van der Waals surface area contributed by atoms with Gasteiger partial charge in [0.25, 0.3) is 0 Å². The molecule has 102 valence electrons. The average molecular weight is 265 g/mol. The standard InChI is InChI=1S/C15H17F2NO/c1-3-12(18-4-2)13-8-9-14(19-13)15-10(16)6-5-7-11(15)17/h5-9,12,18H,3-4H2,1-2H3. The maximum atomic E-state index is 13.7. The summed E-state index contributed by atoms with van der Waals surface area (Å²) in [4.78, 5) is 0. The highest BCUT2D eigenvalue weighted by molar-refractivity contribution is 5.59. The van der Waals surface area contributed by atoms with Gasteiger partial charge in [0.15, 0.2) is 0 Å². The summed E-state index contributed by atoms with van der Waals surface area (Å²) >= 11 is 0. The minimum absolute atomic E-state index is 0.0635. The Bertz CT molecular complexity index is 531. The summed E-state index contributed by atoms with van der Waals surface area (Å²) < 4.78 is 32.9. The van der Waals surface area contributed by atoms with Gasteiger partial charge in [-0.25, -0.2) is 8.78 Å². The Hall–Kier alpha value is -1.68. The fourth-order valence-electron chi connectivity index (χ4n) is 2.10. The van der Waals surface area contributed by atoms with Crippen molar-refractivity contribution in [1.82, 2.24) is 5.32 Å². The molecule has 0 radical (unpaired) electrons. The van der Waals surface area contributed by atoms with Crippen LogP contribution in [0.2, 0.25) is 0 Å². The maximum absolute atomic E-state index is 13.7. The van der Waals surface area contributed by atoms with Gasteiger partial charge in [-0.3, -0.25) is 0 Å². The predicted molar refractivity (Wildman–Crippen MR) is 70.8 cm³/mol. The van der Waals surface area contributed by atoms with Crippen LogP contribution in [0.15, 0.2) is 34.7 Å². The van der Waals surface area contributed by atoms with Crippen molar-refractivity contribution in [1.29, 1.82) is 0 Å². The zero-order valence-corrected chi connectivity index (χ0v) is 11.0. The van der Waals surface area contributed by atoms with Gasteiger partial charge in [-0.1, -0.05) is 19.9 Å².